The molecular weight excluding hydrogens is 640 g/mol. The fourth-order valence-corrected chi connectivity index (χ4v) is 8.54. The molecule has 0 spiro atoms. The summed E-state index contributed by atoms with van der Waals surface area (Å²) in [4.78, 5) is 55.2. The van der Waals surface area contributed by atoms with Gasteiger partial charge in [-0.1, -0.05) is 74.2 Å². The molecule has 2 N–H and O–H groups in total. The molecule has 0 bridgehead atoms. The van der Waals surface area contributed by atoms with Crippen LogP contribution in [0.25, 0.3) is 0 Å². The molecule has 0 radical (unpaired) electrons. The summed E-state index contributed by atoms with van der Waals surface area (Å²) >= 11 is 1.85. The van der Waals surface area contributed by atoms with Crippen molar-refractivity contribution < 1.29 is 32.7 Å². The largest absolute Gasteiger partial charge is 0.508 e. The number of nitrogens with one attached hydrogen (secondary N) is 1. The third-order valence-corrected chi connectivity index (χ3v) is 10.7. The molecule has 0 aliphatic carbocycles. The van der Waals surface area contributed by atoms with Crippen LogP contribution in [0.15, 0.2) is 82.6 Å². The van der Waals surface area contributed by atoms with Gasteiger partial charge in [0.2, 0.25) is 17.7 Å². The summed E-state index contributed by atoms with van der Waals surface area (Å²) in [6, 6.07) is 17.4. The van der Waals surface area contributed by atoms with Crippen LogP contribution < -0.4 is 15.1 Å². The van der Waals surface area contributed by atoms with E-state index >= 15 is 0 Å². The number of imide groups is 1. The third-order valence-electron chi connectivity index (χ3n) is 8.07. The molecule has 46 heavy (non-hydrogen) atoms. The molecule has 0 saturated carbocycles. The Balaban J connectivity index is 1.42. The number of rotatable bonds is 5. The van der Waals surface area contributed by atoms with Gasteiger partial charge in [-0.25, -0.2) is 4.90 Å². The zero-order valence-electron chi connectivity index (χ0n) is 24.8. The zero-order chi connectivity index (χ0) is 33.1. The van der Waals surface area contributed by atoms with Crippen molar-refractivity contribution in [2.75, 3.05) is 10.2 Å². The number of carbonyl (C=O) groups is 3. The first-order chi connectivity index (χ1) is 21.6. The van der Waals surface area contributed by atoms with Crippen LogP contribution in [0.3, 0.4) is 0 Å². The highest BCUT2D eigenvalue weighted by Gasteiger charge is 2.57. The highest BCUT2D eigenvalue weighted by atomic mass is 32.2. The van der Waals surface area contributed by atoms with Crippen LogP contribution in [0.4, 0.5) is 24.5 Å². The smallest absolute Gasteiger partial charge is 0.416 e. The van der Waals surface area contributed by atoms with E-state index in [-0.39, 0.29) is 23.4 Å². The molecule has 2 aliphatic heterocycles. The van der Waals surface area contributed by atoms with Crippen molar-refractivity contribution in [3.05, 3.63) is 104 Å². The SMILES string of the molecule is CC(C)(C)c1ccc([C@H]2c3sc(=O)n(CC(=O)Nc4ccc(O)cc4)c3SC3C(=O)N(c4cccc(C(F)(F)F)c4)C(=O)C32)cc1. The van der Waals surface area contributed by atoms with Crippen LogP contribution in [0.1, 0.15) is 48.3 Å². The van der Waals surface area contributed by atoms with Crippen molar-refractivity contribution in [2.24, 2.45) is 5.92 Å². The summed E-state index contributed by atoms with van der Waals surface area (Å²) < 4.78 is 41.9. The second-order valence-corrected chi connectivity index (χ2v) is 14.3. The lowest BCUT2D eigenvalue weighted by atomic mass is 9.81. The lowest BCUT2D eigenvalue weighted by molar-refractivity contribution is -0.137. The molecule has 238 valence electrons. The number of alkyl halides is 3. The fraction of sp³-hybridized carbons (Fsp3) is 0.273. The number of hydrogen-bond acceptors (Lipinski definition) is 7. The van der Waals surface area contributed by atoms with E-state index < -0.39 is 51.4 Å². The summed E-state index contributed by atoms with van der Waals surface area (Å²) in [5.74, 6) is -3.63. The number of nitrogens with zero attached hydrogens (tertiary/aromatic N) is 2. The van der Waals surface area contributed by atoms with Crippen molar-refractivity contribution in [1.29, 1.82) is 0 Å². The lowest BCUT2D eigenvalue weighted by Gasteiger charge is -2.31. The Morgan fingerprint density at radius 3 is 2.22 bits per heavy atom. The number of aromatic hydroxyl groups is 1. The van der Waals surface area contributed by atoms with Gasteiger partial charge >= 0.3 is 11.0 Å². The molecule has 8 nitrogen and oxygen atoms in total. The second-order valence-electron chi connectivity index (χ2n) is 12.2. The number of benzene rings is 3. The Hall–Kier alpha value is -4.36. The number of amides is 3. The topological polar surface area (TPSA) is 109 Å². The maximum atomic E-state index is 14.1. The van der Waals surface area contributed by atoms with E-state index in [9.17, 15) is 37.5 Å². The van der Waals surface area contributed by atoms with Crippen molar-refractivity contribution >= 4 is 52.2 Å². The number of thioether (sulfide) groups is 1. The first-order valence-electron chi connectivity index (χ1n) is 14.3. The zero-order valence-corrected chi connectivity index (χ0v) is 26.4. The van der Waals surface area contributed by atoms with Gasteiger partial charge in [0.25, 0.3) is 0 Å². The second kappa shape index (κ2) is 11.5. The minimum atomic E-state index is -4.68. The summed E-state index contributed by atoms with van der Waals surface area (Å²) in [5, 5.41) is 11.5. The summed E-state index contributed by atoms with van der Waals surface area (Å²) in [5.41, 5.74) is 0.740. The van der Waals surface area contributed by atoms with Crippen LogP contribution in [0.2, 0.25) is 0 Å². The van der Waals surface area contributed by atoms with Gasteiger partial charge in [-0.2, -0.15) is 13.2 Å². The number of carbonyl (C=O) groups excluding carboxylic acids is 3. The molecule has 1 saturated heterocycles. The van der Waals surface area contributed by atoms with Crippen LogP contribution in [-0.4, -0.2) is 32.6 Å². The van der Waals surface area contributed by atoms with Gasteiger partial charge < -0.3 is 10.4 Å². The Morgan fingerprint density at radius 1 is 0.913 bits per heavy atom. The van der Waals surface area contributed by atoms with E-state index in [1.807, 2.05) is 24.3 Å². The molecule has 1 fully saturated rings. The van der Waals surface area contributed by atoms with Crippen molar-refractivity contribution in [3.8, 4) is 5.75 Å². The number of halogens is 3. The average molecular weight is 668 g/mol. The van der Waals surface area contributed by atoms with Crippen molar-refractivity contribution in [1.82, 2.24) is 4.57 Å². The number of thiazole rings is 1. The molecule has 2 aliphatic rings. The molecule has 6 rings (SSSR count). The maximum Gasteiger partial charge on any atom is 0.416 e. The average Bonchev–Trinajstić information content (AvgIpc) is 3.43. The van der Waals surface area contributed by atoms with Gasteiger partial charge in [0.15, 0.2) is 0 Å². The van der Waals surface area contributed by atoms with Crippen LogP contribution in [-0.2, 0) is 32.5 Å². The Labute approximate surface area is 269 Å². The predicted octanol–water partition coefficient (Wildman–Crippen LogP) is 6.37. The minimum Gasteiger partial charge on any atom is -0.508 e. The number of phenolic OH excluding ortho intramolecular Hbond substituents is 1. The van der Waals surface area contributed by atoms with Crippen molar-refractivity contribution in [3.63, 3.8) is 0 Å². The van der Waals surface area contributed by atoms with E-state index in [1.165, 1.54) is 34.9 Å². The Bertz CT molecular complexity index is 1910. The van der Waals surface area contributed by atoms with E-state index in [0.717, 1.165) is 51.8 Å². The Kier molecular flexibility index (Phi) is 7.88. The molecule has 13 heteroatoms. The first kappa shape index (κ1) is 31.6. The van der Waals surface area contributed by atoms with Gasteiger partial charge in [-0.05, 0) is 59.0 Å². The number of hydrogen-bond donors (Lipinski definition) is 2. The molecule has 2 unspecified atom stereocenters. The number of anilines is 2. The Morgan fingerprint density at radius 2 is 1.59 bits per heavy atom. The van der Waals surface area contributed by atoms with E-state index in [2.05, 4.69) is 26.1 Å². The molecule has 1 aromatic heterocycles. The molecule has 4 aromatic rings. The van der Waals surface area contributed by atoms with Gasteiger partial charge in [-0.15, -0.1) is 0 Å². The van der Waals surface area contributed by atoms with Crippen LogP contribution >= 0.6 is 23.1 Å². The van der Waals surface area contributed by atoms with Crippen molar-refractivity contribution in [2.45, 2.75) is 55.1 Å². The van der Waals surface area contributed by atoms with Gasteiger partial charge in [-0.3, -0.25) is 23.7 Å². The highest BCUT2D eigenvalue weighted by Crippen LogP contribution is 2.54. The summed E-state index contributed by atoms with van der Waals surface area (Å²) in [6.45, 7) is 5.77. The van der Waals surface area contributed by atoms with Gasteiger partial charge in [0, 0.05) is 16.5 Å². The maximum absolute atomic E-state index is 14.1. The number of aromatic nitrogens is 1. The van der Waals surface area contributed by atoms with E-state index in [1.54, 1.807) is 0 Å². The molecule has 3 amide bonds. The fourth-order valence-electron chi connectivity index (χ4n) is 5.77. The monoisotopic (exact) mass is 667 g/mol. The van der Waals surface area contributed by atoms with Crippen LogP contribution in [0.5, 0.6) is 5.75 Å². The molecule has 3 aromatic carbocycles. The summed E-state index contributed by atoms with van der Waals surface area (Å²) in [6.07, 6.45) is -4.68. The number of phenols is 1. The quantitative estimate of drug-likeness (QED) is 0.189. The van der Waals surface area contributed by atoms with Crippen LogP contribution in [0, 0.1) is 5.92 Å². The first-order valence-corrected chi connectivity index (χ1v) is 16.0. The van der Waals surface area contributed by atoms with Gasteiger partial charge in [0.1, 0.15) is 17.5 Å². The predicted molar refractivity (Wildman–Crippen MR) is 169 cm³/mol. The summed E-state index contributed by atoms with van der Waals surface area (Å²) in [7, 11) is 0. The number of fused-ring (bicyclic) bond motifs is 2. The lowest BCUT2D eigenvalue weighted by Crippen LogP contribution is -2.33. The van der Waals surface area contributed by atoms with E-state index in [4.69, 9.17) is 0 Å². The minimum absolute atomic E-state index is 0.0172. The normalized spacial score (nSPS) is 19.6. The third kappa shape index (κ3) is 5.73. The molecule has 3 heterocycles. The van der Waals surface area contributed by atoms with E-state index in [0.29, 0.717) is 21.2 Å². The van der Waals surface area contributed by atoms with Gasteiger partial charge in [0.05, 0.1) is 22.2 Å². The standard InChI is InChI=1S/C33H28F3N3O5S2/c1-32(2,3)18-9-7-17(8-10-18)24-25-26(29(43)39(28(25)42)21-6-4-5-19(15-21)33(34,35)36)45-30-27(24)46-31(44)38(30)16-23(41)37-20-11-13-22(40)14-12-20/h4-15,24-26,40H,16H2,1-3H3,(H,37,41)/t24-,25?,26?/m1/s1. The highest BCUT2D eigenvalue weighted by molar-refractivity contribution is 8.00. The molecule has 3 atom stereocenters. The molecular formula is C33H28F3N3O5S2.